The number of carbonyl (C=O) groups is 1. The summed E-state index contributed by atoms with van der Waals surface area (Å²) in [6.45, 7) is 0. The molecule has 1 N–H and O–H groups in total. The molecular formula is C8H4BrN2O2. The van der Waals surface area contributed by atoms with Crippen LogP contribution in [0.25, 0.3) is 0 Å². The van der Waals surface area contributed by atoms with Crippen molar-refractivity contribution >= 4 is 39.6 Å². The standard InChI is InChI=1S/C8H4BrN2O2/c9-5-1-4(8(12)13)2-6-7(5)11-3-10-6/h1-3H,(H,12,13). The number of hydrogen-bond donors (Lipinski definition) is 1. The van der Waals surface area contributed by atoms with Gasteiger partial charge in [0.2, 0.25) is 0 Å². The molecule has 1 aromatic carbocycles. The molecule has 4 nitrogen and oxygen atoms in total. The van der Waals surface area contributed by atoms with Crippen LogP contribution in [0.1, 0.15) is 10.4 Å². The molecule has 0 fully saturated rings. The lowest BCUT2D eigenvalue weighted by molar-refractivity contribution is 0.0697. The van der Waals surface area contributed by atoms with E-state index in [1.807, 2.05) is 0 Å². The van der Waals surface area contributed by atoms with E-state index in [9.17, 15) is 4.79 Å². The van der Waals surface area contributed by atoms with Gasteiger partial charge in [-0.25, -0.2) is 15.1 Å². The highest BCUT2D eigenvalue weighted by molar-refractivity contribution is 9.10. The van der Waals surface area contributed by atoms with Crippen LogP contribution in [0.5, 0.6) is 0 Å². The van der Waals surface area contributed by atoms with Crippen molar-refractivity contribution in [3.63, 3.8) is 0 Å². The highest BCUT2D eigenvalue weighted by Crippen LogP contribution is 2.36. The summed E-state index contributed by atoms with van der Waals surface area (Å²) in [4.78, 5) is 14.6. The van der Waals surface area contributed by atoms with Gasteiger partial charge in [-0.1, -0.05) is 0 Å². The van der Waals surface area contributed by atoms with E-state index in [0.29, 0.717) is 15.8 Å². The van der Waals surface area contributed by atoms with Crippen molar-refractivity contribution in [2.75, 3.05) is 0 Å². The first-order valence-electron chi connectivity index (χ1n) is 3.49. The highest BCUT2D eigenvalue weighted by atomic mass is 79.9. The van der Waals surface area contributed by atoms with Gasteiger partial charge in [0, 0.05) is 4.47 Å². The van der Waals surface area contributed by atoms with Crippen molar-refractivity contribution in [1.82, 2.24) is 5.32 Å². The Morgan fingerprint density at radius 2 is 2.23 bits per heavy atom. The molecule has 0 aliphatic carbocycles. The number of nitrogens with zero attached hydrogens (tertiary/aromatic N) is 2. The van der Waals surface area contributed by atoms with Crippen LogP contribution in [0.4, 0.5) is 11.4 Å². The average Bonchev–Trinajstić information content (AvgIpc) is 2.51. The van der Waals surface area contributed by atoms with Crippen LogP contribution in [0.15, 0.2) is 21.6 Å². The summed E-state index contributed by atoms with van der Waals surface area (Å²) in [5, 5.41) is 12.7. The van der Waals surface area contributed by atoms with Crippen LogP contribution in [-0.2, 0) is 0 Å². The van der Waals surface area contributed by atoms with Gasteiger partial charge >= 0.3 is 5.97 Å². The Hall–Kier alpha value is -1.36. The number of fused-ring (bicyclic) bond motifs is 1. The fraction of sp³-hybridized carbons (Fsp3) is 0. The van der Waals surface area contributed by atoms with Gasteiger partial charge in [-0.05, 0) is 28.1 Å². The molecule has 1 aliphatic rings. The zero-order chi connectivity index (χ0) is 9.42. The largest absolute Gasteiger partial charge is 0.478 e. The number of rotatable bonds is 1. The molecule has 0 amide bonds. The van der Waals surface area contributed by atoms with Crippen LogP contribution < -0.4 is 5.32 Å². The van der Waals surface area contributed by atoms with E-state index in [1.165, 1.54) is 18.5 Å². The summed E-state index contributed by atoms with van der Waals surface area (Å²) in [6.07, 6.45) is 1.40. The topological polar surface area (TPSA) is 63.8 Å². The van der Waals surface area contributed by atoms with E-state index >= 15 is 0 Å². The van der Waals surface area contributed by atoms with E-state index in [2.05, 4.69) is 26.2 Å². The summed E-state index contributed by atoms with van der Waals surface area (Å²) in [6, 6.07) is 3.01. The third kappa shape index (κ3) is 1.31. The molecule has 0 aromatic heterocycles. The van der Waals surface area contributed by atoms with E-state index < -0.39 is 5.97 Å². The van der Waals surface area contributed by atoms with Gasteiger partial charge in [-0.15, -0.1) is 0 Å². The quantitative estimate of drug-likeness (QED) is 0.816. The van der Waals surface area contributed by atoms with Crippen LogP contribution in [0.2, 0.25) is 0 Å². The molecule has 0 saturated heterocycles. The molecule has 1 heterocycles. The van der Waals surface area contributed by atoms with Gasteiger partial charge < -0.3 is 5.11 Å². The van der Waals surface area contributed by atoms with E-state index in [-0.39, 0.29) is 5.56 Å². The number of halogens is 1. The summed E-state index contributed by atoms with van der Waals surface area (Å²) in [5.41, 5.74) is 1.48. The van der Waals surface area contributed by atoms with E-state index in [0.717, 1.165) is 0 Å². The maximum atomic E-state index is 10.6. The zero-order valence-electron chi connectivity index (χ0n) is 6.36. The first kappa shape index (κ1) is 8.25. The van der Waals surface area contributed by atoms with Gasteiger partial charge in [-0.3, -0.25) is 0 Å². The third-order valence-electron chi connectivity index (χ3n) is 1.67. The van der Waals surface area contributed by atoms with Crippen LogP contribution in [0.3, 0.4) is 0 Å². The number of aliphatic imine (C=N–C) groups is 1. The first-order chi connectivity index (χ1) is 6.18. The second kappa shape index (κ2) is 2.85. The Morgan fingerprint density at radius 1 is 1.46 bits per heavy atom. The predicted octanol–water partition coefficient (Wildman–Crippen LogP) is 2.06. The van der Waals surface area contributed by atoms with E-state index in [4.69, 9.17) is 5.11 Å². The minimum absolute atomic E-state index is 0.208. The van der Waals surface area contributed by atoms with Crippen LogP contribution >= 0.6 is 15.9 Å². The normalized spacial score (nSPS) is 12.4. The van der Waals surface area contributed by atoms with Gasteiger partial charge in [-0.2, -0.15) is 0 Å². The Labute approximate surface area is 82.4 Å². The molecule has 0 bridgehead atoms. The lowest BCUT2D eigenvalue weighted by Crippen LogP contribution is -1.96. The minimum Gasteiger partial charge on any atom is -0.478 e. The lowest BCUT2D eigenvalue weighted by atomic mass is 10.2. The number of hydrogen-bond acceptors (Lipinski definition) is 2. The van der Waals surface area contributed by atoms with Gasteiger partial charge in [0.25, 0.3) is 0 Å². The van der Waals surface area contributed by atoms with Gasteiger partial charge in [0.1, 0.15) is 12.0 Å². The van der Waals surface area contributed by atoms with Crippen LogP contribution in [-0.4, -0.2) is 17.4 Å². The van der Waals surface area contributed by atoms with Crippen molar-refractivity contribution in [2.24, 2.45) is 4.99 Å². The average molecular weight is 240 g/mol. The van der Waals surface area contributed by atoms with E-state index in [1.54, 1.807) is 0 Å². The molecule has 1 aliphatic heterocycles. The third-order valence-corrected chi connectivity index (χ3v) is 2.28. The minimum atomic E-state index is -0.967. The first-order valence-corrected chi connectivity index (χ1v) is 4.28. The smallest absolute Gasteiger partial charge is 0.335 e. The fourth-order valence-corrected chi connectivity index (χ4v) is 1.64. The molecule has 0 unspecified atom stereocenters. The summed E-state index contributed by atoms with van der Waals surface area (Å²) < 4.78 is 0.653. The van der Waals surface area contributed by atoms with Gasteiger partial charge in [0.15, 0.2) is 0 Å². The summed E-state index contributed by atoms with van der Waals surface area (Å²) in [7, 11) is 0. The fourth-order valence-electron chi connectivity index (χ4n) is 1.08. The summed E-state index contributed by atoms with van der Waals surface area (Å²) in [5.74, 6) is -0.967. The second-order valence-electron chi connectivity index (χ2n) is 2.50. The van der Waals surface area contributed by atoms with Gasteiger partial charge in [0.05, 0.1) is 11.3 Å². The number of carboxylic acids is 1. The molecule has 13 heavy (non-hydrogen) atoms. The lowest BCUT2D eigenvalue weighted by Gasteiger charge is -2.01. The number of benzene rings is 1. The predicted molar refractivity (Wildman–Crippen MR) is 51.0 cm³/mol. The molecule has 2 rings (SSSR count). The molecule has 65 valence electrons. The van der Waals surface area contributed by atoms with Crippen molar-refractivity contribution in [3.05, 3.63) is 22.2 Å². The Balaban J connectivity index is 2.60. The Kier molecular flexibility index (Phi) is 1.81. The maximum absolute atomic E-state index is 10.6. The number of aromatic carboxylic acids is 1. The summed E-state index contributed by atoms with van der Waals surface area (Å²) >= 11 is 3.23. The number of carboxylic acid groups (broad SMARTS) is 1. The molecule has 5 heteroatoms. The highest BCUT2D eigenvalue weighted by Gasteiger charge is 2.15. The molecular weight excluding hydrogens is 236 g/mol. The molecule has 1 radical (unpaired) electrons. The van der Waals surface area contributed by atoms with Crippen molar-refractivity contribution in [2.45, 2.75) is 0 Å². The monoisotopic (exact) mass is 239 g/mol. The van der Waals surface area contributed by atoms with Crippen molar-refractivity contribution in [3.8, 4) is 0 Å². The molecule has 0 atom stereocenters. The second-order valence-corrected chi connectivity index (χ2v) is 3.36. The molecule has 0 saturated carbocycles. The Bertz CT molecular complexity index is 415. The van der Waals surface area contributed by atoms with Crippen molar-refractivity contribution in [1.29, 1.82) is 0 Å². The molecule has 1 aromatic rings. The Morgan fingerprint density at radius 3 is 2.92 bits per heavy atom. The SMILES string of the molecule is O=C(O)c1cc(Br)c2c(c1)N=C[N]2. The van der Waals surface area contributed by atoms with Crippen molar-refractivity contribution < 1.29 is 9.90 Å². The maximum Gasteiger partial charge on any atom is 0.335 e. The molecule has 0 spiro atoms. The zero-order valence-corrected chi connectivity index (χ0v) is 7.95. The van der Waals surface area contributed by atoms with Crippen LogP contribution in [0, 0.1) is 0 Å².